The standard InChI is InChI=1S/C15H17NO2S/c1-11-6-3-4-8-13(11)10-19(17,18)14-9-5-7-12(2)15(14)16/h3-9H,10,16H2,1-2H3. The second kappa shape index (κ2) is 5.05. The number of rotatable bonds is 3. The van der Waals surface area contributed by atoms with Gasteiger partial charge in [-0.05, 0) is 36.6 Å². The van der Waals surface area contributed by atoms with Crippen molar-refractivity contribution in [1.82, 2.24) is 0 Å². The minimum Gasteiger partial charge on any atom is -0.397 e. The van der Waals surface area contributed by atoms with E-state index in [4.69, 9.17) is 5.73 Å². The quantitative estimate of drug-likeness (QED) is 0.876. The second-order valence-corrected chi connectivity index (χ2v) is 6.63. The third-order valence-electron chi connectivity index (χ3n) is 3.23. The van der Waals surface area contributed by atoms with Crippen molar-refractivity contribution >= 4 is 15.5 Å². The van der Waals surface area contributed by atoms with E-state index >= 15 is 0 Å². The summed E-state index contributed by atoms with van der Waals surface area (Å²) in [5, 5.41) is 0. The van der Waals surface area contributed by atoms with E-state index in [9.17, 15) is 8.42 Å². The Hall–Kier alpha value is -1.81. The highest BCUT2D eigenvalue weighted by molar-refractivity contribution is 7.90. The highest BCUT2D eigenvalue weighted by Crippen LogP contribution is 2.25. The lowest BCUT2D eigenvalue weighted by molar-refractivity contribution is 0.595. The lowest BCUT2D eigenvalue weighted by atomic mass is 10.1. The summed E-state index contributed by atoms with van der Waals surface area (Å²) in [6.45, 7) is 3.71. The van der Waals surface area contributed by atoms with Crippen LogP contribution in [0.25, 0.3) is 0 Å². The van der Waals surface area contributed by atoms with Crippen molar-refractivity contribution in [3.8, 4) is 0 Å². The van der Waals surface area contributed by atoms with Gasteiger partial charge in [-0.15, -0.1) is 0 Å². The molecule has 100 valence electrons. The summed E-state index contributed by atoms with van der Waals surface area (Å²) in [6, 6.07) is 12.6. The van der Waals surface area contributed by atoms with Crippen LogP contribution in [0.3, 0.4) is 0 Å². The van der Waals surface area contributed by atoms with Gasteiger partial charge in [0.1, 0.15) is 0 Å². The monoisotopic (exact) mass is 275 g/mol. The van der Waals surface area contributed by atoms with Gasteiger partial charge in [0.05, 0.1) is 16.3 Å². The minimum absolute atomic E-state index is 0.0205. The first-order valence-electron chi connectivity index (χ1n) is 6.04. The van der Waals surface area contributed by atoms with Gasteiger partial charge in [-0.1, -0.05) is 36.4 Å². The van der Waals surface area contributed by atoms with Crippen LogP contribution in [-0.4, -0.2) is 8.42 Å². The van der Waals surface area contributed by atoms with Crippen LogP contribution in [0.4, 0.5) is 5.69 Å². The Morgan fingerprint density at radius 2 is 1.58 bits per heavy atom. The Morgan fingerprint density at radius 3 is 2.26 bits per heavy atom. The molecule has 4 heteroatoms. The third kappa shape index (κ3) is 2.79. The molecule has 0 saturated heterocycles. The molecule has 2 aromatic rings. The maximum atomic E-state index is 12.4. The molecule has 2 rings (SSSR count). The number of benzene rings is 2. The van der Waals surface area contributed by atoms with Crippen LogP contribution in [0.5, 0.6) is 0 Å². The molecule has 0 saturated carbocycles. The van der Waals surface area contributed by atoms with Gasteiger partial charge in [-0.2, -0.15) is 0 Å². The maximum absolute atomic E-state index is 12.4. The molecule has 0 aliphatic rings. The molecule has 0 atom stereocenters. The molecule has 0 spiro atoms. The van der Waals surface area contributed by atoms with Crippen molar-refractivity contribution in [3.05, 3.63) is 59.2 Å². The zero-order chi connectivity index (χ0) is 14.0. The normalized spacial score (nSPS) is 11.5. The molecular weight excluding hydrogens is 258 g/mol. The van der Waals surface area contributed by atoms with Crippen molar-refractivity contribution in [2.45, 2.75) is 24.5 Å². The first-order valence-corrected chi connectivity index (χ1v) is 7.69. The molecule has 0 heterocycles. The van der Waals surface area contributed by atoms with Gasteiger partial charge in [0.15, 0.2) is 9.84 Å². The number of aryl methyl sites for hydroxylation is 2. The Labute approximate surface area is 114 Å². The zero-order valence-electron chi connectivity index (χ0n) is 11.1. The summed E-state index contributed by atoms with van der Waals surface area (Å²) in [5.74, 6) is -0.0205. The number of nitrogens with two attached hydrogens (primary N) is 1. The molecule has 2 N–H and O–H groups in total. The highest BCUT2D eigenvalue weighted by Gasteiger charge is 2.19. The van der Waals surface area contributed by atoms with Crippen LogP contribution >= 0.6 is 0 Å². The number of para-hydroxylation sites is 1. The topological polar surface area (TPSA) is 60.2 Å². The Balaban J connectivity index is 2.44. The molecule has 0 radical (unpaired) electrons. The number of hydrogen-bond donors (Lipinski definition) is 1. The van der Waals surface area contributed by atoms with E-state index in [0.717, 1.165) is 16.7 Å². The van der Waals surface area contributed by atoms with Gasteiger partial charge in [0, 0.05) is 0 Å². The average Bonchev–Trinajstić information content (AvgIpc) is 2.35. The Morgan fingerprint density at radius 1 is 0.947 bits per heavy atom. The molecule has 0 aliphatic carbocycles. The summed E-state index contributed by atoms with van der Waals surface area (Å²) in [4.78, 5) is 0.218. The van der Waals surface area contributed by atoms with E-state index in [1.807, 2.05) is 44.2 Å². The fourth-order valence-electron chi connectivity index (χ4n) is 1.98. The van der Waals surface area contributed by atoms with Crippen LogP contribution in [0.15, 0.2) is 47.4 Å². The fraction of sp³-hybridized carbons (Fsp3) is 0.200. The van der Waals surface area contributed by atoms with Crippen molar-refractivity contribution < 1.29 is 8.42 Å². The van der Waals surface area contributed by atoms with Gasteiger partial charge < -0.3 is 5.73 Å². The summed E-state index contributed by atoms with van der Waals surface area (Å²) in [5.41, 5.74) is 8.79. The first kappa shape index (κ1) is 13.6. The highest BCUT2D eigenvalue weighted by atomic mass is 32.2. The van der Waals surface area contributed by atoms with E-state index in [1.165, 1.54) is 0 Å². The fourth-order valence-corrected chi connectivity index (χ4v) is 3.65. The van der Waals surface area contributed by atoms with Gasteiger partial charge >= 0.3 is 0 Å². The molecule has 0 aromatic heterocycles. The van der Waals surface area contributed by atoms with Crippen LogP contribution in [0.2, 0.25) is 0 Å². The minimum atomic E-state index is -3.41. The van der Waals surface area contributed by atoms with E-state index in [1.54, 1.807) is 12.1 Å². The lowest BCUT2D eigenvalue weighted by Gasteiger charge is -2.11. The van der Waals surface area contributed by atoms with Crippen LogP contribution in [0, 0.1) is 13.8 Å². The Kier molecular flexibility index (Phi) is 3.62. The lowest BCUT2D eigenvalue weighted by Crippen LogP contribution is -2.09. The number of nitrogen functional groups attached to an aromatic ring is 1. The van der Waals surface area contributed by atoms with Crippen LogP contribution in [-0.2, 0) is 15.6 Å². The summed E-state index contributed by atoms with van der Waals surface area (Å²) < 4.78 is 24.9. The number of hydrogen-bond acceptors (Lipinski definition) is 3. The van der Waals surface area contributed by atoms with Crippen molar-refractivity contribution in [2.75, 3.05) is 5.73 Å². The average molecular weight is 275 g/mol. The first-order chi connectivity index (χ1) is 8.92. The molecule has 0 fully saturated rings. The number of sulfone groups is 1. The predicted molar refractivity (Wildman–Crippen MR) is 77.7 cm³/mol. The van der Waals surface area contributed by atoms with E-state index in [-0.39, 0.29) is 10.6 Å². The molecule has 19 heavy (non-hydrogen) atoms. The van der Waals surface area contributed by atoms with Gasteiger partial charge in [0.2, 0.25) is 0 Å². The second-order valence-electron chi connectivity index (χ2n) is 4.67. The molecule has 0 bridgehead atoms. The summed E-state index contributed by atoms with van der Waals surface area (Å²) in [7, 11) is -3.41. The molecule has 0 amide bonds. The summed E-state index contributed by atoms with van der Waals surface area (Å²) in [6.07, 6.45) is 0. The molecule has 3 nitrogen and oxygen atoms in total. The van der Waals surface area contributed by atoms with E-state index in [2.05, 4.69) is 0 Å². The predicted octanol–water partition coefficient (Wildman–Crippen LogP) is 2.86. The van der Waals surface area contributed by atoms with Crippen molar-refractivity contribution in [2.24, 2.45) is 0 Å². The van der Waals surface area contributed by atoms with Gasteiger partial charge in [0.25, 0.3) is 0 Å². The third-order valence-corrected chi connectivity index (χ3v) is 4.94. The molecular formula is C15H17NO2S. The van der Waals surface area contributed by atoms with Crippen LogP contribution < -0.4 is 5.73 Å². The van der Waals surface area contributed by atoms with E-state index < -0.39 is 9.84 Å². The Bertz CT molecular complexity index is 706. The van der Waals surface area contributed by atoms with E-state index in [0.29, 0.717) is 5.69 Å². The molecule has 0 aliphatic heterocycles. The maximum Gasteiger partial charge on any atom is 0.184 e. The number of anilines is 1. The van der Waals surface area contributed by atoms with Gasteiger partial charge in [-0.3, -0.25) is 0 Å². The van der Waals surface area contributed by atoms with Crippen molar-refractivity contribution in [3.63, 3.8) is 0 Å². The van der Waals surface area contributed by atoms with Gasteiger partial charge in [-0.25, -0.2) is 8.42 Å². The van der Waals surface area contributed by atoms with Crippen molar-refractivity contribution in [1.29, 1.82) is 0 Å². The summed E-state index contributed by atoms with van der Waals surface area (Å²) >= 11 is 0. The smallest absolute Gasteiger partial charge is 0.184 e. The largest absolute Gasteiger partial charge is 0.397 e. The molecule has 2 aromatic carbocycles. The molecule has 0 unspecified atom stereocenters. The van der Waals surface area contributed by atoms with Crippen LogP contribution in [0.1, 0.15) is 16.7 Å². The SMILES string of the molecule is Cc1ccccc1CS(=O)(=O)c1cccc(C)c1N. The zero-order valence-corrected chi connectivity index (χ0v) is 11.9.